The van der Waals surface area contributed by atoms with E-state index in [0.717, 1.165) is 59.3 Å². The van der Waals surface area contributed by atoms with Gasteiger partial charge in [0.15, 0.2) is 0 Å². The van der Waals surface area contributed by atoms with Crippen molar-refractivity contribution in [3.63, 3.8) is 0 Å². The molecule has 3 heterocycles. The van der Waals surface area contributed by atoms with Crippen molar-refractivity contribution in [2.24, 2.45) is 5.92 Å². The van der Waals surface area contributed by atoms with Gasteiger partial charge in [-0.1, -0.05) is 5.16 Å². The highest BCUT2D eigenvalue weighted by atomic mass is 16.5. The number of hydrogen-bond acceptors (Lipinski definition) is 7. The van der Waals surface area contributed by atoms with Crippen molar-refractivity contribution in [3.8, 4) is 11.3 Å². The van der Waals surface area contributed by atoms with Crippen LogP contribution in [0.3, 0.4) is 0 Å². The van der Waals surface area contributed by atoms with Crippen LogP contribution in [0.2, 0.25) is 0 Å². The summed E-state index contributed by atoms with van der Waals surface area (Å²) in [6.45, 7) is 3.75. The van der Waals surface area contributed by atoms with E-state index >= 15 is 0 Å². The summed E-state index contributed by atoms with van der Waals surface area (Å²) in [5, 5.41) is 26.6. The molecule has 1 atom stereocenters. The molecule has 3 aliphatic carbocycles. The molecule has 0 aliphatic heterocycles. The zero-order valence-corrected chi connectivity index (χ0v) is 17.3. The lowest BCUT2D eigenvalue weighted by Gasteiger charge is -2.44. The predicted molar refractivity (Wildman–Crippen MR) is 111 cm³/mol. The number of fused-ring (bicyclic) bond motifs is 5. The first-order valence-electron chi connectivity index (χ1n) is 10.9. The third kappa shape index (κ3) is 2.50. The van der Waals surface area contributed by atoms with E-state index in [4.69, 9.17) is 10.3 Å². The second kappa shape index (κ2) is 6.04. The number of aliphatic hydroxyl groups is 2. The fraction of sp³-hybridized carbons (Fsp3) is 0.591. The molecule has 2 saturated carbocycles. The molecule has 3 aromatic rings. The van der Waals surface area contributed by atoms with Crippen molar-refractivity contribution in [1.29, 1.82) is 0 Å². The Balaban J connectivity index is 1.56. The quantitative estimate of drug-likeness (QED) is 0.607. The molecule has 0 spiro atoms. The van der Waals surface area contributed by atoms with Crippen molar-refractivity contribution in [2.75, 3.05) is 5.73 Å². The van der Waals surface area contributed by atoms with Gasteiger partial charge in [-0.2, -0.15) is 0 Å². The number of nitrogens with two attached hydrogens (primary N) is 1. The van der Waals surface area contributed by atoms with Gasteiger partial charge in [0.2, 0.25) is 0 Å². The lowest BCUT2D eigenvalue weighted by atomic mass is 9.71. The molecule has 0 aromatic carbocycles. The Morgan fingerprint density at radius 1 is 1.20 bits per heavy atom. The number of aromatic nitrogens is 4. The maximum absolute atomic E-state index is 11.0. The number of aliphatic hydroxyl groups excluding tert-OH is 1. The molecule has 1 unspecified atom stereocenters. The molecule has 4 N–H and O–H groups in total. The van der Waals surface area contributed by atoms with E-state index in [1.807, 2.05) is 13.8 Å². The highest BCUT2D eigenvalue weighted by molar-refractivity contribution is 6.02. The van der Waals surface area contributed by atoms with E-state index < -0.39 is 11.7 Å². The number of rotatable bonds is 3. The summed E-state index contributed by atoms with van der Waals surface area (Å²) in [5.74, 6) is 1.85. The Bertz CT molecular complexity index is 1150. The molecule has 2 fully saturated rings. The summed E-state index contributed by atoms with van der Waals surface area (Å²) >= 11 is 0. The molecule has 0 radical (unpaired) electrons. The van der Waals surface area contributed by atoms with Gasteiger partial charge in [0.1, 0.15) is 29.2 Å². The summed E-state index contributed by atoms with van der Waals surface area (Å²) in [6.07, 6.45) is 6.13. The Kier molecular flexibility index (Phi) is 3.69. The summed E-state index contributed by atoms with van der Waals surface area (Å²) in [7, 11) is 0. The minimum Gasteiger partial charge on any atom is -0.390 e. The van der Waals surface area contributed by atoms with Gasteiger partial charge >= 0.3 is 0 Å². The highest BCUT2D eigenvalue weighted by Crippen LogP contribution is 2.53. The lowest BCUT2D eigenvalue weighted by molar-refractivity contribution is -0.0389. The molecule has 0 saturated heterocycles. The van der Waals surface area contributed by atoms with E-state index in [0.29, 0.717) is 30.3 Å². The minimum absolute atomic E-state index is 0.232. The van der Waals surface area contributed by atoms with Crippen LogP contribution < -0.4 is 5.73 Å². The van der Waals surface area contributed by atoms with Gasteiger partial charge in [0, 0.05) is 23.2 Å². The van der Waals surface area contributed by atoms with Gasteiger partial charge in [-0.3, -0.25) is 0 Å². The van der Waals surface area contributed by atoms with Gasteiger partial charge in [-0.05, 0) is 58.3 Å². The normalized spacial score (nSPS) is 26.2. The smallest absolute Gasteiger partial charge is 0.146 e. The van der Waals surface area contributed by atoms with Crippen LogP contribution in [-0.4, -0.2) is 35.5 Å². The maximum Gasteiger partial charge on any atom is 0.146 e. The van der Waals surface area contributed by atoms with Crippen molar-refractivity contribution in [1.82, 2.24) is 19.7 Å². The van der Waals surface area contributed by atoms with Crippen LogP contribution in [-0.2, 0) is 6.42 Å². The largest absolute Gasteiger partial charge is 0.390 e. The summed E-state index contributed by atoms with van der Waals surface area (Å²) < 4.78 is 8.01. The number of nitrogens with zero attached hydrogens (tertiary/aromatic N) is 4. The zero-order chi connectivity index (χ0) is 20.8. The van der Waals surface area contributed by atoms with Crippen LogP contribution in [0.5, 0.6) is 0 Å². The summed E-state index contributed by atoms with van der Waals surface area (Å²) in [6, 6.07) is 0.232. The monoisotopic (exact) mass is 409 g/mol. The van der Waals surface area contributed by atoms with E-state index in [2.05, 4.69) is 19.7 Å². The standard InChI is InChI=1S/C22H27N5O3/c1-22(2,29)11-7-12(8-11)27-13-5-6-14(28)16-18(26-30-19(16)10-3-4-10)15(13)17-20(23)24-9-25-21(17)27/h9-12,14,28-29H,3-8H2,1-2H3,(H2,23,24,25). The summed E-state index contributed by atoms with van der Waals surface area (Å²) in [4.78, 5) is 8.86. The molecule has 3 aromatic heterocycles. The lowest BCUT2D eigenvalue weighted by Crippen LogP contribution is -2.41. The van der Waals surface area contributed by atoms with E-state index in [1.165, 1.54) is 6.33 Å². The van der Waals surface area contributed by atoms with Crippen LogP contribution in [0.25, 0.3) is 22.3 Å². The van der Waals surface area contributed by atoms with Gasteiger partial charge in [-0.25, -0.2) is 9.97 Å². The summed E-state index contributed by atoms with van der Waals surface area (Å²) in [5.41, 5.74) is 9.98. The first-order chi connectivity index (χ1) is 14.3. The topological polar surface area (TPSA) is 123 Å². The second-order valence-corrected chi connectivity index (χ2v) is 9.76. The molecule has 8 nitrogen and oxygen atoms in total. The van der Waals surface area contributed by atoms with Gasteiger partial charge in [0.05, 0.1) is 22.7 Å². The fourth-order valence-electron chi connectivity index (χ4n) is 5.34. The van der Waals surface area contributed by atoms with Crippen LogP contribution in [0.15, 0.2) is 10.9 Å². The van der Waals surface area contributed by atoms with Crippen LogP contribution in [0.1, 0.15) is 81.0 Å². The van der Waals surface area contributed by atoms with Crippen LogP contribution >= 0.6 is 0 Å². The van der Waals surface area contributed by atoms with E-state index in [1.54, 1.807) is 0 Å². The highest BCUT2D eigenvalue weighted by Gasteiger charge is 2.44. The second-order valence-electron chi connectivity index (χ2n) is 9.76. The van der Waals surface area contributed by atoms with Crippen LogP contribution in [0, 0.1) is 5.92 Å². The Hall–Kier alpha value is -2.45. The van der Waals surface area contributed by atoms with Crippen molar-refractivity contribution >= 4 is 16.9 Å². The molecule has 0 amide bonds. The SMILES string of the molecule is CC(C)(O)C1CC(n2c3c(c4c(N)ncnc42)-c2noc(C4CC4)c2C(O)CC3)C1. The van der Waals surface area contributed by atoms with Crippen LogP contribution in [0.4, 0.5) is 5.82 Å². The fourth-order valence-corrected chi connectivity index (χ4v) is 5.34. The van der Waals surface area contributed by atoms with E-state index in [9.17, 15) is 10.2 Å². The number of hydrogen-bond donors (Lipinski definition) is 3. The number of nitrogen functional groups attached to an aromatic ring is 1. The van der Waals surface area contributed by atoms with Crippen molar-refractivity contribution in [3.05, 3.63) is 23.3 Å². The number of anilines is 1. The average molecular weight is 409 g/mol. The molecule has 6 rings (SSSR count). The third-order valence-corrected chi connectivity index (χ3v) is 7.32. The first-order valence-corrected chi connectivity index (χ1v) is 10.9. The molecule has 30 heavy (non-hydrogen) atoms. The Labute approximate surface area is 174 Å². The van der Waals surface area contributed by atoms with Crippen molar-refractivity contribution in [2.45, 2.75) is 76.0 Å². The molecular formula is C22H27N5O3. The molecule has 3 aliphatic rings. The molecule has 8 heteroatoms. The zero-order valence-electron chi connectivity index (χ0n) is 17.3. The van der Waals surface area contributed by atoms with Crippen molar-refractivity contribution < 1.29 is 14.7 Å². The molecule has 0 bridgehead atoms. The predicted octanol–water partition coefficient (Wildman–Crippen LogP) is 3.25. The molecule has 158 valence electrons. The van der Waals surface area contributed by atoms with Gasteiger partial charge in [-0.15, -0.1) is 0 Å². The Morgan fingerprint density at radius 2 is 1.97 bits per heavy atom. The molecular weight excluding hydrogens is 382 g/mol. The van der Waals surface area contributed by atoms with Gasteiger partial charge < -0.3 is 25.0 Å². The Morgan fingerprint density at radius 3 is 2.67 bits per heavy atom. The first kappa shape index (κ1) is 18.3. The minimum atomic E-state index is -0.695. The average Bonchev–Trinajstić information content (AvgIpc) is 3.34. The van der Waals surface area contributed by atoms with E-state index in [-0.39, 0.29) is 12.0 Å². The third-order valence-electron chi connectivity index (χ3n) is 7.32. The van der Waals surface area contributed by atoms with Gasteiger partial charge in [0.25, 0.3) is 0 Å². The maximum atomic E-state index is 11.0.